The van der Waals surface area contributed by atoms with Crippen LogP contribution in [-0.4, -0.2) is 45.4 Å². The number of methoxy groups -OCH3 is 1. The Morgan fingerprint density at radius 3 is 2.81 bits per heavy atom. The van der Waals surface area contributed by atoms with E-state index in [0.717, 1.165) is 12.5 Å². The number of amides is 1. The minimum atomic E-state index is -0.585. The Kier molecular flexibility index (Phi) is 8.56. The molecule has 0 spiro atoms. The number of rotatable bonds is 8. The maximum atomic E-state index is 11.3. The van der Waals surface area contributed by atoms with Crippen LogP contribution in [0.4, 0.5) is 0 Å². The molecule has 0 aromatic carbocycles. The Balaban J connectivity index is 0.00000225. The van der Waals surface area contributed by atoms with Gasteiger partial charge in [-0.25, -0.2) is 0 Å². The highest BCUT2D eigenvalue weighted by Crippen LogP contribution is 2.28. The number of hydrogen-bond acceptors (Lipinski definition) is 4. The third-order valence-electron chi connectivity index (χ3n) is 2.28. The van der Waals surface area contributed by atoms with Crippen LogP contribution >= 0.6 is 12.4 Å². The van der Waals surface area contributed by atoms with Gasteiger partial charge in [-0.15, -0.1) is 12.4 Å². The Morgan fingerprint density at radius 2 is 2.25 bits per heavy atom. The average molecular weight is 253 g/mol. The van der Waals surface area contributed by atoms with Crippen molar-refractivity contribution in [3.8, 4) is 0 Å². The first-order valence-corrected chi connectivity index (χ1v) is 5.34. The van der Waals surface area contributed by atoms with E-state index in [1.165, 1.54) is 20.0 Å². The Morgan fingerprint density at radius 1 is 1.56 bits per heavy atom. The fourth-order valence-corrected chi connectivity index (χ4v) is 1.17. The minimum absolute atomic E-state index is 0. The molecule has 96 valence electrons. The molecule has 1 saturated carbocycles. The second kappa shape index (κ2) is 8.75. The molecule has 1 rings (SSSR count). The zero-order chi connectivity index (χ0) is 11.1. The van der Waals surface area contributed by atoms with Gasteiger partial charge in [-0.3, -0.25) is 4.79 Å². The normalized spacial score (nSPS) is 16.4. The quantitative estimate of drug-likeness (QED) is 0.593. The van der Waals surface area contributed by atoms with Crippen LogP contribution in [0.15, 0.2) is 0 Å². The highest BCUT2D eigenvalue weighted by Gasteiger charge is 2.21. The minimum Gasteiger partial charge on any atom is -0.383 e. The molecule has 0 aliphatic heterocycles. The molecule has 0 aromatic heterocycles. The molecular weight excluding hydrogens is 232 g/mol. The Bertz CT molecular complexity index is 201. The van der Waals surface area contributed by atoms with E-state index in [2.05, 4.69) is 5.32 Å². The molecule has 1 fully saturated rings. The van der Waals surface area contributed by atoms with E-state index < -0.39 is 6.04 Å². The molecule has 1 aliphatic rings. The SMILES string of the molecule is COCC(N)C(=O)NCCOCC1CC1.Cl. The van der Waals surface area contributed by atoms with E-state index in [-0.39, 0.29) is 24.9 Å². The number of carbonyl (C=O) groups excluding carboxylic acids is 1. The predicted molar refractivity (Wildman–Crippen MR) is 63.7 cm³/mol. The van der Waals surface area contributed by atoms with Crippen LogP contribution in [0.2, 0.25) is 0 Å². The standard InChI is InChI=1S/C10H20N2O3.ClH/c1-14-7-9(11)10(13)12-4-5-15-6-8-2-3-8;/h8-9H,2-7,11H2,1H3,(H,12,13);1H. The summed E-state index contributed by atoms with van der Waals surface area (Å²) in [6.45, 7) is 2.14. The molecule has 0 saturated heterocycles. The first-order valence-electron chi connectivity index (χ1n) is 5.34. The third-order valence-corrected chi connectivity index (χ3v) is 2.28. The van der Waals surface area contributed by atoms with Crippen LogP contribution in [0, 0.1) is 5.92 Å². The van der Waals surface area contributed by atoms with E-state index in [1.54, 1.807) is 0 Å². The largest absolute Gasteiger partial charge is 0.383 e. The number of carbonyl (C=O) groups is 1. The van der Waals surface area contributed by atoms with Gasteiger partial charge in [0.25, 0.3) is 0 Å². The van der Waals surface area contributed by atoms with Crippen LogP contribution in [-0.2, 0) is 14.3 Å². The maximum Gasteiger partial charge on any atom is 0.239 e. The van der Waals surface area contributed by atoms with Crippen molar-refractivity contribution in [3.05, 3.63) is 0 Å². The van der Waals surface area contributed by atoms with Crippen molar-refractivity contribution < 1.29 is 14.3 Å². The highest BCUT2D eigenvalue weighted by molar-refractivity contribution is 5.85. The molecule has 1 aliphatic carbocycles. The first-order chi connectivity index (χ1) is 7.24. The summed E-state index contributed by atoms with van der Waals surface area (Å²) in [6.07, 6.45) is 2.57. The molecular formula is C10H21ClN2O3. The van der Waals surface area contributed by atoms with Crippen LogP contribution in [0.1, 0.15) is 12.8 Å². The van der Waals surface area contributed by atoms with Crippen LogP contribution in [0.25, 0.3) is 0 Å². The zero-order valence-corrected chi connectivity index (χ0v) is 10.4. The number of halogens is 1. The maximum absolute atomic E-state index is 11.3. The molecule has 0 radical (unpaired) electrons. The molecule has 3 N–H and O–H groups in total. The van der Waals surface area contributed by atoms with Gasteiger partial charge in [0, 0.05) is 20.3 Å². The second-order valence-electron chi connectivity index (χ2n) is 3.87. The van der Waals surface area contributed by atoms with Crippen molar-refractivity contribution >= 4 is 18.3 Å². The lowest BCUT2D eigenvalue weighted by Crippen LogP contribution is -2.44. The summed E-state index contributed by atoms with van der Waals surface area (Å²) in [5.41, 5.74) is 5.52. The Hall–Kier alpha value is -0.360. The van der Waals surface area contributed by atoms with Crippen molar-refractivity contribution in [1.29, 1.82) is 0 Å². The van der Waals surface area contributed by atoms with Gasteiger partial charge in [-0.2, -0.15) is 0 Å². The molecule has 0 heterocycles. The van der Waals surface area contributed by atoms with Gasteiger partial charge >= 0.3 is 0 Å². The number of nitrogens with one attached hydrogen (secondary N) is 1. The lowest BCUT2D eigenvalue weighted by molar-refractivity contribution is -0.123. The lowest BCUT2D eigenvalue weighted by atomic mass is 10.3. The topological polar surface area (TPSA) is 73.6 Å². The van der Waals surface area contributed by atoms with Crippen molar-refractivity contribution in [2.45, 2.75) is 18.9 Å². The fraction of sp³-hybridized carbons (Fsp3) is 0.900. The third kappa shape index (κ3) is 7.00. The Labute approximate surface area is 102 Å². The molecule has 16 heavy (non-hydrogen) atoms. The fourth-order valence-electron chi connectivity index (χ4n) is 1.17. The summed E-state index contributed by atoms with van der Waals surface area (Å²) in [7, 11) is 1.52. The predicted octanol–water partition coefficient (Wildman–Crippen LogP) is -0.0753. The summed E-state index contributed by atoms with van der Waals surface area (Å²) in [5, 5.41) is 2.69. The lowest BCUT2D eigenvalue weighted by Gasteiger charge is -2.11. The highest BCUT2D eigenvalue weighted by atomic mass is 35.5. The molecule has 1 unspecified atom stereocenters. The van der Waals surface area contributed by atoms with E-state index >= 15 is 0 Å². The molecule has 5 nitrogen and oxygen atoms in total. The summed E-state index contributed by atoms with van der Waals surface area (Å²) in [5.74, 6) is 0.573. The molecule has 0 aromatic rings. The van der Waals surface area contributed by atoms with Crippen molar-refractivity contribution in [2.75, 3.05) is 33.5 Å². The molecule has 1 amide bonds. The zero-order valence-electron chi connectivity index (χ0n) is 9.61. The smallest absolute Gasteiger partial charge is 0.239 e. The van der Waals surface area contributed by atoms with Crippen molar-refractivity contribution in [1.82, 2.24) is 5.32 Å². The van der Waals surface area contributed by atoms with Gasteiger partial charge in [0.15, 0.2) is 0 Å². The summed E-state index contributed by atoms with van der Waals surface area (Å²) in [4.78, 5) is 11.3. The van der Waals surface area contributed by atoms with Gasteiger partial charge in [-0.1, -0.05) is 0 Å². The van der Waals surface area contributed by atoms with E-state index in [1.807, 2.05) is 0 Å². The average Bonchev–Trinajstić information content (AvgIpc) is 3.01. The van der Waals surface area contributed by atoms with Gasteiger partial charge in [0.1, 0.15) is 6.04 Å². The van der Waals surface area contributed by atoms with Gasteiger partial charge in [-0.05, 0) is 18.8 Å². The monoisotopic (exact) mass is 252 g/mol. The summed E-state index contributed by atoms with van der Waals surface area (Å²) >= 11 is 0. The van der Waals surface area contributed by atoms with Gasteiger partial charge in [0.2, 0.25) is 5.91 Å². The summed E-state index contributed by atoms with van der Waals surface area (Å²) in [6, 6.07) is -0.585. The van der Waals surface area contributed by atoms with Crippen molar-refractivity contribution in [2.24, 2.45) is 11.7 Å². The van der Waals surface area contributed by atoms with Crippen LogP contribution in [0.5, 0.6) is 0 Å². The van der Waals surface area contributed by atoms with Crippen LogP contribution < -0.4 is 11.1 Å². The van der Waals surface area contributed by atoms with E-state index in [9.17, 15) is 4.79 Å². The van der Waals surface area contributed by atoms with Gasteiger partial charge < -0.3 is 20.5 Å². The first kappa shape index (κ1) is 15.6. The number of ether oxygens (including phenoxy) is 2. The van der Waals surface area contributed by atoms with Crippen molar-refractivity contribution in [3.63, 3.8) is 0 Å². The second-order valence-corrected chi connectivity index (χ2v) is 3.87. The van der Waals surface area contributed by atoms with E-state index in [0.29, 0.717) is 13.2 Å². The summed E-state index contributed by atoms with van der Waals surface area (Å²) < 4.78 is 10.1. The van der Waals surface area contributed by atoms with Gasteiger partial charge in [0.05, 0.1) is 13.2 Å². The number of nitrogens with two attached hydrogens (primary N) is 1. The van der Waals surface area contributed by atoms with E-state index in [4.69, 9.17) is 15.2 Å². The van der Waals surface area contributed by atoms with Crippen LogP contribution in [0.3, 0.4) is 0 Å². The number of hydrogen-bond donors (Lipinski definition) is 2. The molecule has 1 atom stereocenters. The molecule has 6 heteroatoms. The molecule has 0 bridgehead atoms.